The minimum atomic E-state index is -0.879. The van der Waals surface area contributed by atoms with Crippen LogP contribution >= 0.6 is 34.5 Å². The summed E-state index contributed by atoms with van der Waals surface area (Å²) < 4.78 is 27.2. The van der Waals surface area contributed by atoms with Crippen molar-refractivity contribution in [2.45, 2.75) is 19.6 Å². The Morgan fingerprint density at radius 2 is 1.71 bits per heavy atom. The van der Waals surface area contributed by atoms with Crippen LogP contribution in [-0.2, 0) is 16.1 Å². The van der Waals surface area contributed by atoms with Crippen molar-refractivity contribution >= 4 is 52.3 Å². The summed E-state index contributed by atoms with van der Waals surface area (Å²) in [4.78, 5) is 32.7. The fraction of sp³-hybridized carbons (Fsp3) is 0.114. The van der Waals surface area contributed by atoms with Gasteiger partial charge in [0.05, 0.1) is 38.5 Å². The first kappa shape index (κ1) is 30.5. The molecule has 226 valence electrons. The molecule has 5 aromatic rings. The maximum Gasteiger partial charge on any atom is 0.338 e. The van der Waals surface area contributed by atoms with Gasteiger partial charge < -0.3 is 9.47 Å². The topological polar surface area (TPSA) is 69.9 Å². The van der Waals surface area contributed by atoms with E-state index in [0.29, 0.717) is 48.6 Å². The summed E-state index contributed by atoms with van der Waals surface area (Å²) in [5.74, 6) is -0.386. The zero-order valence-electron chi connectivity index (χ0n) is 23.9. The van der Waals surface area contributed by atoms with E-state index in [0.717, 1.165) is 11.1 Å². The second-order valence-electron chi connectivity index (χ2n) is 10.1. The Hall–Kier alpha value is -4.50. The molecule has 1 aliphatic rings. The van der Waals surface area contributed by atoms with Crippen molar-refractivity contribution in [1.82, 2.24) is 4.57 Å². The molecule has 0 aliphatic carbocycles. The maximum absolute atomic E-state index is 14.0. The molecule has 0 bridgehead atoms. The first-order valence-electron chi connectivity index (χ1n) is 14.0. The number of rotatable bonds is 8. The number of ether oxygens (including phenoxy) is 2. The van der Waals surface area contributed by atoms with E-state index in [1.54, 1.807) is 37.3 Å². The van der Waals surface area contributed by atoms with E-state index >= 15 is 0 Å². The lowest BCUT2D eigenvalue weighted by Crippen LogP contribution is -2.40. The molecule has 0 amide bonds. The normalized spacial score (nSPS) is 14.6. The van der Waals surface area contributed by atoms with E-state index in [2.05, 4.69) is 0 Å². The van der Waals surface area contributed by atoms with Crippen LogP contribution < -0.4 is 19.6 Å². The van der Waals surface area contributed by atoms with Crippen molar-refractivity contribution in [3.05, 3.63) is 160 Å². The molecule has 0 radical (unpaired) electrons. The lowest BCUT2D eigenvalue weighted by atomic mass is 9.93. The van der Waals surface area contributed by atoms with Gasteiger partial charge in [-0.3, -0.25) is 9.36 Å². The predicted molar refractivity (Wildman–Crippen MR) is 175 cm³/mol. The van der Waals surface area contributed by atoms with E-state index in [-0.39, 0.29) is 17.7 Å². The Kier molecular flexibility index (Phi) is 8.98. The summed E-state index contributed by atoms with van der Waals surface area (Å²) in [6.45, 7) is 2.16. The molecule has 0 saturated carbocycles. The number of aromatic nitrogens is 1. The molecule has 0 fully saturated rings. The Bertz CT molecular complexity index is 2090. The summed E-state index contributed by atoms with van der Waals surface area (Å²) in [6.07, 6.45) is 1.77. The molecule has 1 atom stereocenters. The van der Waals surface area contributed by atoms with E-state index in [1.807, 2.05) is 60.7 Å². The van der Waals surface area contributed by atoms with E-state index in [4.69, 9.17) is 37.7 Å². The van der Waals surface area contributed by atoms with Crippen molar-refractivity contribution in [2.75, 3.05) is 6.61 Å². The number of carbonyl (C=O) groups excluding carboxylic acids is 1. The van der Waals surface area contributed by atoms with E-state index in [1.165, 1.54) is 28.0 Å². The van der Waals surface area contributed by atoms with Crippen LogP contribution in [0.2, 0.25) is 10.0 Å². The van der Waals surface area contributed by atoms with Gasteiger partial charge in [-0.05, 0) is 66.1 Å². The lowest BCUT2D eigenvalue weighted by Gasteiger charge is -2.25. The Morgan fingerprint density at radius 1 is 0.978 bits per heavy atom. The van der Waals surface area contributed by atoms with Crippen LogP contribution in [0.1, 0.15) is 35.2 Å². The number of fused-ring (bicyclic) bond motifs is 1. The average molecular weight is 660 g/mol. The average Bonchev–Trinajstić information content (AvgIpc) is 3.36. The van der Waals surface area contributed by atoms with Crippen molar-refractivity contribution < 1.29 is 18.7 Å². The second kappa shape index (κ2) is 13.2. The zero-order valence-corrected chi connectivity index (χ0v) is 26.2. The van der Waals surface area contributed by atoms with Crippen LogP contribution in [0.25, 0.3) is 11.8 Å². The Labute approximate surface area is 271 Å². The lowest BCUT2D eigenvalue weighted by molar-refractivity contribution is -0.138. The van der Waals surface area contributed by atoms with Gasteiger partial charge in [-0.2, -0.15) is 0 Å². The van der Waals surface area contributed by atoms with Crippen LogP contribution in [0.4, 0.5) is 4.39 Å². The van der Waals surface area contributed by atoms with Gasteiger partial charge in [0.2, 0.25) is 0 Å². The first-order chi connectivity index (χ1) is 21.8. The molecule has 0 N–H and O–H groups in total. The molecule has 4 aromatic carbocycles. The second-order valence-corrected chi connectivity index (χ2v) is 11.9. The summed E-state index contributed by atoms with van der Waals surface area (Å²) in [6, 6.07) is 26.8. The molecule has 0 saturated heterocycles. The number of hydrogen-bond donors (Lipinski definition) is 0. The third-order valence-electron chi connectivity index (χ3n) is 7.13. The molecule has 2 heterocycles. The molecular weight excluding hydrogens is 634 g/mol. The van der Waals surface area contributed by atoms with E-state index in [9.17, 15) is 14.0 Å². The number of halogens is 3. The smallest absolute Gasteiger partial charge is 0.338 e. The summed E-state index contributed by atoms with van der Waals surface area (Å²) >= 11 is 13.3. The van der Waals surface area contributed by atoms with Gasteiger partial charge in [0.15, 0.2) is 4.80 Å². The minimum absolute atomic E-state index is 0.137. The largest absolute Gasteiger partial charge is 0.489 e. The summed E-state index contributed by atoms with van der Waals surface area (Å²) in [5, 5.41) is 0.939. The molecule has 0 spiro atoms. The fourth-order valence-corrected chi connectivity index (χ4v) is 6.33. The zero-order chi connectivity index (χ0) is 31.5. The highest BCUT2D eigenvalue weighted by molar-refractivity contribution is 7.07. The van der Waals surface area contributed by atoms with Crippen LogP contribution in [0.15, 0.2) is 112 Å². The maximum atomic E-state index is 14.0. The quantitative estimate of drug-likeness (QED) is 0.169. The highest BCUT2D eigenvalue weighted by atomic mass is 35.5. The molecule has 1 aliphatic heterocycles. The number of hydrogen-bond acceptors (Lipinski definition) is 6. The van der Waals surface area contributed by atoms with Crippen molar-refractivity contribution in [1.29, 1.82) is 0 Å². The number of thiazole rings is 1. The predicted octanol–water partition coefficient (Wildman–Crippen LogP) is 6.96. The van der Waals surface area contributed by atoms with Gasteiger partial charge in [-0.25, -0.2) is 14.2 Å². The SMILES string of the molecule is CCOC(=O)C1=C(c2ccccc2)N=c2s/c(=C/c3ccc(OCc4ccc(Cl)c(Cl)c4)cc3)c(=O)n2[C@H]1c1ccc(F)cc1. The van der Waals surface area contributed by atoms with Gasteiger partial charge in [0.25, 0.3) is 5.56 Å². The molecule has 10 heteroatoms. The van der Waals surface area contributed by atoms with Gasteiger partial charge in [0.1, 0.15) is 18.2 Å². The van der Waals surface area contributed by atoms with Gasteiger partial charge in [-0.1, -0.05) is 95.2 Å². The van der Waals surface area contributed by atoms with Gasteiger partial charge >= 0.3 is 5.97 Å². The van der Waals surface area contributed by atoms with Gasteiger partial charge in [-0.15, -0.1) is 0 Å². The van der Waals surface area contributed by atoms with Crippen LogP contribution in [0.3, 0.4) is 0 Å². The third kappa shape index (κ3) is 6.49. The fourth-order valence-electron chi connectivity index (χ4n) is 5.01. The van der Waals surface area contributed by atoms with Crippen molar-refractivity contribution in [2.24, 2.45) is 4.99 Å². The Morgan fingerprint density at radius 3 is 2.40 bits per heavy atom. The standard InChI is InChI=1S/C35H25Cl2FN2O4S/c1-2-43-34(42)30-31(23-6-4-3-5-7-23)39-35-40(32(30)24-11-13-25(38)14-12-24)33(41)29(45-35)19-21-8-15-26(16-9-21)44-20-22-10-17-27(36)28(37)18-22/h3-19,32H,2,20H2,1H3/b29-19+/t32-/m0/s1. The van der Waals surface area contributed by atoms with Gasteiger partial charge in [0, 0.05) is 5.56 Å². The molecule has 6 rings (SSSR count). The molecule has 0 unspecified atom stereocenters. The molecule has 6 nitrogen and oxygen atoms in total. The number of esters is 1. The Balaban J connectivity index is 1.41. The number of benzene rings is 4. The summed E-state index contributed by atoms with van der Waals surface area (Å²) in [5.41, 5.74) is 3.18. The first-order valence-corrected chi connectivity index (χ1v) is 15.6. The van der Waals surface area contributed by atoms with E-state index < -0.39 is 17.8 Å². The molecular formula is C35H25Cl2FN2O4S. The minimum Gasteiger partial charge on any atom is -0.489 e. The van der Waals surface area contributed by atoms with Crippen LogP contribution in [0.5, 0.6) is 5.75 Å². The highest BCUT2D eigenvalue weighted by Gasteiger charge is 2.35. The van der Waals surface area contributed by atoms with Crippen molar-refractivity contribution in [3.63, 3.8) is 0 Å². The molecule has 45 heavy (non-hydrogen) atoms. The monoisotopic (exact) mass is 658 g/mol. The third-order valence-corrected chi connectivity index (χ3v) is 8.85. The summed E-state index contributed by atoms with van der Waals surface area (Å²) in [7, 11) is 0. The van der Waals surface area contributed by atoms with Crippen LogP contribution in [-0.4, -0.2) is 17.1 Å². The molecule has 1 aromatic heterocycles. The number of carbonyl (C=O) groups is 1. The highest BCUT2D eigenvalue weighted by Crippen LogP contribution is 2.35. The van der Waals surface area contributed by atoms with Crippen LogP contribution in [0, 0.1) is 5.82 Å². The number of nitrogens with zero attached hydrogens (tertiary/aromatic N) is 2. The van der Waals surface area contributed by atoms with Crippen molar-refractivity contribution in [3.8, 4) is 5.75 Å².